The quantitative estimate of drug-likeness (QED) is 0.707. The first-order valence-electron chi connectivity index (χ1n) is 9.29. The second-order valence-corrected chi connectivity index (χ2v) is 9.49. The number of esters is 1. The van der Waals surface area contributed by atoms with Crippen molar-refractivity contribution >= 4 is 39.0 Å². The fourth-order valence-electron chi connectivity index (χ4n) is 3.20. The Bertz CT molecular complexity index is 986. The van der Waals surface area contributed by atoms with Crippen molar-refractivity contribution < 1.29 is 27.5 Å². The summed E-state index contributed by atoms with van der Waals surface area (Å²) in [6.45, 7) is 3.40. The Morgan fingerprint density at radius 1 is 1.24 bits per heavy atom. The van der Waals surface area contributed by atoms with Crippen LogP contribution in [0.5, 0.6) is 0 Å². The van der Waals surface area contributed by atoms with E-state index in [2.05, 4.69) is 10.4 Å². The fraction of sp³-hybridized carbons (Fsp3) is 0.474. The minimum atomic E-state index is -3.20. The SMILES string of the molecule is Cc1ccc(NC(=O)COC(=O)C2=NN([C@@H]3CCS(=O)(=O)C3)C(=O)CC2)cc1C. The minimum Gasteiger partial charge on any atom is -0.451 e. The molecule has 0 saturated carbocycles. The summed E-state index contributed by atoms with van der Waals surface area (Å²) in [5, 5.41) is 7.76. The molecule has 0 aromatic heterocycles. The zero-order valence-electron chi connectivity index (χ0n) is 16.3. The van der Waals surface area contributed by atoms with E-state index in [-0.39, 0.29) is 42.4 Å². The van der Waals surface area contributed by atoms with Crippen LogP contribution < -0.4 is 5.32 Å². The van der Waals surface area contributed by atoms with E-state index in [1.165, 1.54) is 0 Å². The third-order valence-corrected chi connectivity index (χ3v) is 6.72. The van der Waals surface area contributed by atoms with Crippen LogP contribution in [-0.4, -0.2) is 61.1 Å². The molecule has 1 fully saturated rings. The molecule has 1 aromatic carbocycles. The summed E-state index contributed by atoms with van der Waals surface area (Å²) in [6.07, 6.45) is 0.421. The van der Waals surface area contributed by atoms with Crippen LogP contribution in [0, 0.1) is 13.8 Å². The van der Waals surface area contributed by atoms with Crippen LogP contribution in [-0.2, 0) is 29.0 Å². The van der Waals surface area contributed by atoms with E-state index in [9.17, 15) is 22.8 Å². The van der Waals surface area contributed by atoms with Gasteiger partial charge in [0, 0.05) is 18.5 Å². The molecule has 1 atom stereocenters. The molecule has 2 amide bonds. The van der Waals surface area contributed by atoms with Crippen molar-refractivity contribution in [1.82, 2.24) is 5.01 Å². The Balaban J connectivity index is 1.58. The lowest BCUT2D eigenvalue weighted by Crippen LogP contribution is -2.42. The minimum absolute atomic E-state index is 0.00456. The number of hydrazone groups is 1. The van der Waals surface area contributed by atoms with Crippen molar-refractivity contribution in [2.45, 2.75) is 39.2 Å². The number of hydrogen-bond acceptors (Lipinski definition) is 7. The molecule has 0 bridgehead atoms. The number of sulfone groups is 1. The number of nitrogens with one attached hydrogen (secondary N) is 1. The van der Waals surface area contributed by atoms with Gasteiger partial charge in [-0.05, 0) is 43.5 Å². The number of carbonyl (C=O) groups is 3. The molecular weight excluding hydrogens is 398 g/mol. The highest BCUT2D eigenvalue weighted by molar-refractivity contribution is 7.91. The number of nitrogens with zero attached hydrogens (tertiary/aromatic N) is 2. The molecule has 1 aromatic rings. The number of rotatable bonds is 5. The van der Waals surface area contributed by atoms with Crippen molar-refractivity contribution in [3.63, 3.8) is 0 Å². The van der Waals surface area contributed by atoms with Crippen molar-refractivity contribution in [3.8, 4) is 0 Å². The number of benzene rings is 1. The largest absolute Gasteiger partial charge is 0.451 e. The maximum atomic E-state index is 12.3. The summed E-state index contributed by atoms with van der Waals surface area (Å²) >= 11 is 0. The molecule has 2 heterocycles. The molecule has 0 radical (unpaired) electrons. The lowest BCUT2D eigenvalue weighted by Gasteiger charge is -2.27. The van der Waals surface area contributed by atoms with E-state index in [1.807, 2.05) is 26.0 Å². The van der Waals surface area contributed by atoms with Crippen LogP contribution in [0.4, 0.5) is 5.69 Å². The van der Waals surface area contributed by atoms with E-state index in [0.717, 1.165) is 16.1 Å². The smallest absolute Gasteiger partial charge is 0.355 e. The molecule has 10 heteroatoms. The van der Waals surface area contributed by atoms with Gasteiger partial charge in [-0.25, -0.2) is 18.2 Å². The molecule has 9 nitrogen and oxygen atoms in total. The Morgan fingerprint density at radius 2 is 2.00 bits per heavy atom. The topological polar surface area (TPSA) is 122 Å². The third-order valence-electron chi connectivity index (χ3n) is 4.97. The third kappa shape index (κ3) is 5.20. The predicted octanol–water partition coefficient (Wildman–Crippen LogP) is 0.951. The predicted molar refractivity (Wildman–Crippen MR) is 106 cm³/mol. The van der Waals surface area contributed by atoms with Crippen molar-refractivity contribution in [3.05, 3.63) is 29.3 Å². The summed E-state index contributed by atoms with van der Waals surface area (Å²) < 4.78 is 28.3. The van der Waals surface area contributed by atoms with Gasteiger partial charge in [0.2, 0.25) is 5.91 Å². The van der Waals surface area contributed by atoms with Crippen molar-refractivity contribution in [1.29, 1.82) is 0 Å². The molecule has 1 saturated heterocycles. The molecule has 3 rings (SSSR count). The highest BCUT2D eigenvalue weighted by Gasteiger charge is 2.37. The van der Waals surface area contributed by atoms with Crippen LogP contribution >= 0.6 is 0 Å². The summed E-state index contributed by atoms with van der Waals surface area (Å²) in [5.74, 6) is -1.78. The van der Waals surface area contributed by atoms with Gasteiger partial charge < -0.3 is 10.1 Å². The molecular formula is C19H23N3O6S. The van der Waals surface area contributed by atoms with Gasteiger partial charge in [-0.1, -0.05) is 6.07 Å². The van der Waals surface area contributed by atoms with Crippen LogP contribution in [0.2, 0.25) is 0 Å². The number of carbonyl (C=O) groups excluding carboxylic acids is 3. The van der Waals surface area contributed by atoms with Crippen LogP contribution in [0.1, 0.15) is 30.4 Å². The van der Waals surface area contributed by atoms with E-state index in [0.29, 0.717) is 5.69 Å². The average Bonchev–Trinajstić information content (AvgIpc) is 3.03. The second kappa shape index (κ2) is 8.32. The standard InChI is InChI=1S/C19H23N3O6S/c1-12-3-4-14(9-13(12)2)20-17(23)10-28-19(25)16-5-6-18(24)22(21-16)15-7-8-29(26,27)11-15/h3-4,9,15H,5-8,10-11H2,1-2H3,(H,20,23)/t15-/m1/s1. The number of amides is 2. The number of hydrogen-bond donors (Lipinski definition) is 1. The maximum absolute atomic E-state index is 12.3. The molecule has 2 aliphatic rings. The number of ether oxygens (including phenoxy) is 1. The molecule has 2 aliphatic heterocycles. The van der Waals surface area contributed by atoms with Crippen LogP contribution in [0.3, 0.4) is 0 Å². The Kier molecular flexibility index (Phi) is 6.02. The Hall–Kier alpha value is -2.75. The number of aryl methyl sites for hydroxylation is 2. The van der Waals surface area contributed by atoms with Gasteiger partial charge in [-0.2, -0.15) is 5.10 Å². The molecule has 0 aliphatic carbocycles. The van der Waals surface area contributed by atoms with Gasteiger partial charge in [0.25, 0.3) is 5.91 Å². The second-order valence-electron chi connectivity index (χ2n) is 7.27. The molecule has 1 N–H and O–H groups in total. The van der Waals surface area contributed by atoms with Crippen molar-refractivity contribution in [2.75, 3.05) is 23.4 Å². The molecule has 29 heavy (non-hydrogen) atoms. The van der Waals surface area contributed by atoms with Gasteiger partial charge in [0.05, 0.1) is 17.5 Å². The van der Waals surface area contributed by atoms with Gasteiger partial charge in [0.1, 0.15) is 5.71 Å². The van der Waals surface area contributed by atoms with Gasteiger partial charge in [-0.15, -0.1) is 0 Å². The summed E-state index contributed by atoms with van der Waals surface area (Å²) in [5.41, 5.74) is 2.73. The van der Waals surface area contributed by atoms with Crippen LogP contribution in [0.25, 0.3) is 0 Å². The maximum Gasteiger partial charge on any atom is 0.355 e. The highest BCUT2D eigenvalue weighted by Crippen LogP contribution is 2.22. The first-order chi connectivity index (χ1) is 13.6. The van der Waals surface area contributed by atoms with E-state index < -0.39 is 34.4 Å². The Labute approximate surface area is 169 Å². The normalized spacial score (nSPS) is 20.9. The first kappa shape index (κ1) is 21.0. The zero-order chi connectivity index (χ0) is 21.2. The van der Waals surface area contributed by atoms with Crippen molar-refractivity contribution in [2.24, 2.45) is 5.10 Å². The average molecular weight is 421 g/mol. The van der Waals surface area contributed by atoms with Gasteiger partial charge in [-0.3, -0.25) is 9.59 Å². The van der Waals surface area contributed by atoms with Gasteiger partial charge in [0.15, 0.2) is 16.4 Å². The number of anilines is 1. The molecule has 0 spiro atoms. The highest BCUT2D eigenvalue weighted by atomic mass is 32.2. The van der Waals surface area contributed by atoms with E-state index in [4.69, 9.17) is 4.74 Å². The lowest BCUT2D eigenvalue weighted by molar-refractivity contribution is -0.141. The van der Waals surface area contributed by atoms with E-state index >= 15 is 0 Å². The Morgan fingerprint density at radius 3 is 2.66 bits per heavy atom. The summed E-state index contributed by atoms with van der Waals surface area (Å²) in [7, 11) is -3.20. The van der Waals surface area contributed by atoms with E-state index in [1.54, 1.807) is 6.07 Å². The fourth-order valence-corrected chi connectivity index (χ4v) is 4.89. The monoisotopic (exact) mass is 421 g/mol. The zero-order valence-corrected chi connectivity index (χ0v) is 17.1. The van der Waals surface area contributed by atoms with Crippen LogP contribution in [0.15, 0.2) is 23.3 Å². The van der Waals surface area contributed by atoms with Gasteiger partial charge >= 0.3 is 5.97 Å². The molecule has 156 valence electrons. The first-order valence-corrected chi connectivity index (χ1v) is 11.1. The summed E-state index contributed by atoms with van der Waals surface area (Å²) in [4.78, 5) is 36.4. The lowest BCUT2D eigenvalue weighted by atomic mass is 10.1. The summed E-state index contributed by atoms with van der Waals surface area (Å²) in [6, 6.07) is 4.89. The molecule has 0 unspecified atom stereocenters.